The van der Waals surface area contributed by atoms with Crippen LogP contribution in [-0.4, -0.2) is 16.0 Å². The van der Waals surface area contributed by atoms with Gasteiger partial charge in [0.05, 0.1) is 15.9 Å². The van der Waals surface area contributed by atoms with Gasteiger partial charge in [0.2, 0.25) is 5.91 Å². The standard InChI is InChI=1S/C21H19N3O2S/c1-13-17(14(2)26-24-13)11-12-20(25)22-16-9-7-15(8-10-16)21-23-18-5-3-4-6-19(18)27-21/h3-10H,11-12H2,1-2H3,(H,22,25). The van der Waals surface area contributed by atoms with Gasteiger partial charge < -0.3 is 9.84 Å². The van der Waals surface area contributed by atoms with Crippen LogP contribution in [-0.2, 0) is 11.2 Å². The van der Waals surface area contributed by atoms with Crippen molar-refractivity contribution in [3.05, 3.63) is 65.5 Å². The van der Waals surface area contributed by atoms with Crippen molar-refractivity contribution in [1.29, 1.82) is 0 Å². The van der Waals surface area contributed by atoms with Crippen molar-refractivity contribution in [2.75, 3.05) is 5.32 Å². The SMILES string of the molecule is Cc1noc(C)c1CCC(=O)Nc1ccc(-c2nc3ccccc3s2)cc1. The van der Waals surface area contributed by atoms with Gasteiger partial charge in [-0.25, -0.2) is 4.98 Å². The van der Waals surface area contributed by atoms with Gasteiger partial charge in [-0.3, -0.25) is 4.79 Å². The second-order valence-corrected chi connectivity index (χ2v) is 7.45. The van der Waals surface area contributed by atoms with Crippen LogP contribution in [0.4, 0.5) is 5.69 Å². The molecule has 4 rings (SSSR count). The molecule has 0 atom stereocenters. The first-order valence-electron chi connectivity index (χ1n) is 8.78. The number of nitrogens with zero attached hydrogens (tertiary/aromatic N) is 2. The summed E-state index contributed by atoms with van der Waals surface area (Å²) in [5.41, 5.74) is 4.69. The lowest BCUT2D eigenvalue weighted by Gasteiger charge is -2.06. The summed E-state index contributed by atoms with van der Waals surface area (Å²) in [5.74, 6) is 0.753. The third kappa shape index (κ3) is 3.75. The average Bonchev–Trinajstić information content (AvgIpc) is 3.24. The van der Waals surface area contributed by atoms with Crippen molar-refractivity contribution in [3.63, 3.8) is 0 Å². The molecule has 0 saturated heterocycles. The molecule has 4 aromatic rings. The summed E-state index contributed by atoms with van der Waals surface area (Å²) in [7, 11) is 0. The predicted octanol–water partition coefficient (Wildman–Crippen LogP) is 5.14. The van der Waals surface area contributed by atoms with Crippen molar-refractivity contribution in [2.45, 2.75) is 26.7 Å². The first kappa shape index (κ1) is 17.4. The Morgan fingerprint density at radius 3 is 2.59 bits per heavy atom. The van der Waals surface area contributed by atoms with E-state index in [1.807, 2.05) is 56.3 Å². The number of benzene rings is 2. The topological polar surface area (TPSA) is 68.0 Å². The van der Waals surface area contributed by atoms with E-state index < -0.39 is 0 Å². The van der Waals surface area contributed by atoms with Crippen LogP contribution in [0.2, 0.25) is 0 Å². The minimum absolute atomic E-state index is 0.0252. The molecule has 0 radical (unpaired) electrons. The average molecular weight is 377 g/mol. The van der Waals surface area contributed by atoms with Crippen molar-refractivity contribution < 1.29 is 9.32 Å². The van der Waals surface area contributed by atoms with Crippen molar-refractivity contribution >= 4 is 33.1 Å². The molecule has 0 aliphatic heterocycles. The molecular weight excluding hydrogens is 358 g/mol. The second-order valence-electron chi connectivity index (χ2n) is 6.41. The number of aromatic nitrogens is 2. The summed E-state index contributed by atoms with van der Waals surface area (Å²) in [4.78, 5) is 16.9. The number of hydrogen-bond acceptors (Lipinski definition) is 5. The molecule has 0 aliphatic rings. The molecule has 2 aromatic carbocycles. The van der Waals surface area contributed by atoms with Gasteiger partial charge in [-0.2, -0.15) is 0 Å². The quantitative estimate of drug-likeness (QED) is 0.523. The van der Waals surface area contributed by atoms with Crippen LogP contribution >= 0.6 is 11.3 Å². The van der Waals surface area contributed by atoms with Crippen LogP contribution < -0.4 is 5.32 Å². The molecule has 136 valence electrons. The number of thiazole rings is 1. The van der Waals surface area contributed by atoms with E-state index in [4.69, 9.17) is 4.52 Å². The molecule has 0 unspecified atom stereocenters. The predicted molar refractivity (Wildman–Crippen MR) is 108 cm³/mol. The van der Waals surface area contributed by atoms with E-state index >= 15 is 0 Å². The molecule has 6 heteroatoms. The Bertz CT molecular complexity index is 1040. The van der Waals surface area contributed by atoms with E-state index in [1.54, 1.807) is 11.3 Å². The summed E-state index contributed by atoms with van der Waals surface area (Å²) in [6.45, 7) is 3.76. The van der Waals surface area contributed by atoms with Gasteiger partial charge >= 0.3 is 0 Å². The lowest BCUT2D eigenvalue weighted by molar-refractivity contribution is -0.116. The number of nitrogens with one attached hydrogen (secondary N) is 1. The van der Waals surface area contributed by atoms with Gasteiger partial charge in [-0.15, -0.1) is 11.3 Å². The zero-order valence-electron chi connectivity index (χ0n) is 15.2. The van der Waals surface area contributed by atoms with E-state index in [0.29, 0.717) is 12.8 Å². The number of anilines is 1. The van der Waals surface area contributed by atoms with Crippen molar-refractivity contribution in [3.8, 4) is 10.6 Å². The van der Waals surface area contributed by atoms with Crippen LogP contribution in [0.3, 0.4) is 0 Å². The van der Waals surface area contributed by atoms with Crippen LogP contribution in [0, 0.1) is 13.8 Å². The molecule has 0 spiro atoms. The molecule has 5 nitrogen and oxygen atoms in total. The van der Waals surface area contributed by atoms with E-state index in [9.17, 15) is 4.79 Å². The number of para-hydroxylation sites is 1. The highest BCUT2D eigenvalue weighted by molar-refractivity contribution is 7.21. The van der Waals surface area contributed by atoms with Gasteiger partial charge in [0, 0.05) is 23.2 Å². The first-order valence-corrected chi connectivity index (χ1v) is 9.59. The lowest BCUT2D eigenvalue weighted by Crippen LogP contribution is -2.12. The number of amides is 1. The molecule has 1 N–H and O–H groups in total. The van der Waals surface area contributed by atoms with Gasteiger partial charge in [-0.1, -0.05) is 17.3 Å². The van der Waals surface area contributed by atoms with Gasteiger partial charge in [0.1, 0.15) is 10.8 Å². The zero-order chi connectivity index (χ0) is 18.8. The summed E-state index contributed by atoms with van der Waals surface area (Å²) in [5, 5.41) is 7.84. The number of carbonyl (C=O) groups is 1. The smallest absolute Gasteiger partial charge is 0.224 e. The largest absolute Gasteiger partial charge is 0.361 e. The van der Waals surface area contributed by atoms with E-state index in [1.165, 1.54) is 4.70 Å². The molecule has 1 amide bonds. The molecular formula is C21H19N3O2S. The maximum absolute atomic E-state index is 12.2. The number of rotatable bonds is 5. The minimum Gasteiger partial charge on any atom is -0.361 e. The summed E-state index contributed by atoms with van der Waals surface area (Å²) in [6.07, 6.45) is 1.01. The fourth-order valence-electron chi connectivity index (χ4n) is 3.01. The van der Waals surface area contributed by atoms with Crippen LogP contribution in [0.15, 0.2) is 53.1 Å². The van der Waals surface area contributed by atoms with Crippen molar-refractivity contribution in [1.82, 2.24) is 10.1 Å². The van der Waals surface area contributed by atoms with Gasteiger partial charge in [0.15, 0.2) is 0 Å². The van der Waals surface area contributed by atoms with Crippen LogP contribution in [0.25, 0.3) is 20.8 Å². The minimum atomic E-state index is -0.0252. The summed E-state index contributed by atoms with van der Waals surface area (Å²) in [6, 6.07) is 15.9. The van der Waals surface area contributed by atoms with E-state index in [-0.39, 0.29) is 5.91 Å². The maximum atomic E-state index is 12.2. The number of fused-ring (bicyclic) bond motifs is 1. The molecule has 0 saturated carbocycles. The lowest BCUT2D eigenvalue weighted by atomic mass is 10.1. The Hall–Kier alpha value is -2.99. The Morgan fingerprint density at radius 1 is 1.11 bits per heavy atom. The van der Waals surface area contributed by atoms with E-state index in [2.05, 4.69) is 21.5 Å². The second kappa shape index (κ2) is 7.32. The Morgan fingerprint density at radius 2 is 1.89 bits per heavy atom. The van der Waals surface area contributed by atoms with Crippen molar-refractivity contribution in [2.24, 2.45) is 0 Å². The Kier molecular flexibility index (Phi) is 4.73. The molecule has 2 aromatic heterocycles. The number of carbonyl (C=O) groups excluding carboxylic acids is 1. The normalized spacial score (nSPS) is 11.0. The summed E-state index contributed by atoms with van der Waals surface area (Å²) >= 11 is 1.67. The molecule has 0 bridgehead atoms. The molecule has 27 heavy (non-hydrogen) atoms. The number of hydrogen-bond donors (Lipinski definition) is 1. The first-order chi connectivity index (χ1) is 13.1. The third-order valence-electron chi connectivity index (χ3n) is 4.49. The maximum Gasteiger partial charge on any atom is 0.224 e. The van der Waals surface area contributed by atoms with Gasteiger partial charge in [0.25, 0.3) is 0 Å². The molecule has 0 aliphatic carbocycles. The Labute approximate surface area is 161 Å². The monoisotopic (exact) mass is 377 g/mol. The fourth-order valence-corrected chi connectivity index (χ4v) is 3.98. The highest BCUT2D eigenvalue weighted by Gasteiger charge is 2.12. The highest BCUT2D eigenvalue weighted by atomic mass is 32.1. The Balaban J connectivity index is 1.40. The van der Waals surface area contributed by atoms with Gasteiger partial charge in [-0.05, 0) is 56.7 Å². The van der Waals surface area contributed by atoms with E-state index in [0.717, 1.165) is 38.8 Å². The number of aryl methyl sites for hydroxylation is 2. The molecule has 0 fully saturated rings. The highest BCUT2D eigenvalue weighted by Crippen LogP contribution is 2.30. The van der Waals surface area contributed by atoms with Crippen LogP contribution in [0.5, 0.6) is 0 Å². The third-order valence-corrected chi connectivity index (χ3v) is 5.58. The summed E-state index contributed by atoms with van der Waals surface area (Å²) < 4.78 is 6.31. The van der Waals surface area contributed by atoms with Crippen LogP contribution in [0.1, 0.15) is 23.4 Å². The fraction of sp³-hybridized carbons (Fsp3) is 0.190. The zero-order valence-corrected chi connectivity index (χ0v) is 16.0. The molecule has 2 heterocycles.